The van der Waals surface area contributed by atoms with Crippen molar-refractivity contribution >= 4 is 32.3 Å². The molecule has 1 aliphatic rings. The molecule has 0 bridgehead atoms. The third-order valence-corrected chi connectivity index (χ3v) is 7.03. The van der Waals surface area contributed by atoms with Crippen molar-refractivity contribution in [1.82, 2.24) is 0 Å². The lowest BCUT2D eigenvalue weighted by Gasteiger charge is -2.24. The van der Waals surface area contributed by atoms with E-state index in [0.29, 0.717) is 5.92 Å². The number of nitrogens with zero attached hydrogens (tertiary/aromatic N) is 1. The smallest absolute Gasteiger partial charge is 0.228 e. The van der Waals surface area contributed by atoms with E-state index in [-0.39, 0.29) is 0 Å². The summed E-state index contributed by atoms with van der Waals surface area (Å²) in [7, 11) is 2.15. The van der Waals surface area contributed by atoms with Crippen molar-refractivity contribution in [1.29, 1.82) is 0 Å². The average Bonchev–Trinajstić information content (AvgIpc) is 2.78. The zero-order valence-corrected chi connectivity index (χ0v) is 19.4. The Morgan fingerprint density at radius 1 is 0.844 bits per heavy atom. The van der Waals surface area contributed by atoms with Gasteiger partial charge < -0.3 is 4.74 Å². The fourth-order valence-corrected chi connectivity index (χ4v) is 5.57. The molecule has 2 heterocycles. The lowest BCUT2D eigenvalue weighted by molar-refractivity contribution is -0.659. The number of aryl methyl sites for hydroxylation is 3. The molecule has 2 nitrogen and oxygen atoms in total. The van der Waals surface area contributed by atoms with Crippen LogP contribution < -0.4 is 9.30 Å². The van der Waals surface area contributed by atoms with E-state index >= 15 is 0 Å². The number of hydrogen-bond donors (Lipinski definition) is 0. The van der Waals surface area contributed by atoms with E-state index in [9.17, 15) is 0 Å². The highest BCUT2D eigenvalue weighted by atomic mass is 16.5. The molecule has 6 rings (SSSR count). The molecule has 2 heteroatoms. The Balaban J connectivity index is 1.74. The second-order valence-electron chi connectivity index (χ2n) is 9.69. The van der Waals surface area contributed by atoms with Gasteiger partial charge in [0.05, 0.1) is 10.9 Å². The summed E-state index contributed by atoms with van der Waals surface area (Å²) >= 11 is 0. The van der Waals surface area contributed by atoms with Gasteiger partial charge in [0.2, 0.25) is 5.69 Å². The highest BCUT2D eigenvalue weighted by molar-refractivity contribution is 6.16. The summed E-state index contributed by atoms with van der Waals surface area (Å²) in [5, 5.41) is 7.58. The number of benzene rings is 4. The molecule has 1 aliphatic heterocycles. The van der Waals surface area contributed by atoms with Gasteiger partial charge >= 0.3 is 0 Å². The molecule has 0 atom stereocenters. The van der Waals surface area contributed by atoms with Gasteiger partial charge in [-0.15, -0.1) is 0 Å². The molecule has 0 saturated carbocycles. The highest BCUT2D eigenvalue weighted by Crippen LogP contribution is 2.51. The maximum Gasteiger partial charge on any atom is 0.228 e. The van der Waals surface area contributed by atoms with Crippen molar-refractivity contribution in [3.8, 4) is 22.8 Å². The first kappa shape index (κ1) is 19.3. The van der Waals surface area contributed by atoms with Crippen LogP contribution in [0.25, 0.3) is 43.6 Å². The highest BCUT2D eigenvalue weighted by Gasteiger charge is 2.32. The van der Waals surface area contributed by atoms with Gasteiger partial charge in [-0.2, -0.15) is 0 Å². The van der Waals surface area contributed by atoms with Gasteiger partial charge in [-0.1, -0.05) is 56.3 Å². The van der Waals surface area contributed by atoms with Crippen molar-refractivity contribution in [3.05, 3.63) is 77.5 Å². The van der Waals surface area contributed by atoms with E-state index < -0.39 is 0 Å². The standard InChI is InChI=1S/C30H28NO/c1-17(2)14-20-10-11-24-21(15-20)16-26-28-25(24)12-13-31(5)29(28)27-18(3)22-8-6-7-9-23(22)19(4)30(27)32-26/h6-13,15-17H,14H2,1-5H3/q+1. The second-order valence-corrected chi connectivity index (χ2v) is 9.69. The summed E-state index contributed by atoms with van der Waals surface area (Å²) in [5.74, 6) is 2.60. The minimum Gasteiger partial charge on any atom is -0.455 e. The number of fused-ring (bicyclic) bond motifs is 5. The first-order valence-corrected chi connectivity index (χ1v) is 11.5. The summed E-state index contributed by atoms with van der Waals surface area (Å²) in [6, 6.07) is 20.1. The number of aromatic nitrogens is 1. The monoisotopic (exact) mass is 418 g/mol. The van der Waals surface area contributed by atoms with Gasteiger partial charge in [-0.25, -0.2) is 4.57 Å². The van der Waals surface area contributed by atoms with Crippen LogP contribution in [0.3, 0.4) is 0 Å². The summed E-state index contributed by atoms with van der Waals surface area (Å²) in [5.41, 5.74) is 6.34. The molecule has 0 N–H and O–H groups in total. The molecule has 0 unspecified atom stereocenters. The first-order chi connectivity index (χ1) is 15.4. The second kappa shape index (κ2) is 6.80. The zero-order chi connectivity index (χ0) is 22.1. The molecule has 0 amide bonds. The third kappa shape index (κ3) is 2.62. The first-order valence-electron chi connectivity index (χ1n) is 11.5. The van der Waals surface area contributed by atoms with Crippen LogP contribution in [0.2, 0.25) is 0 Å². The molecule has 0 radical (unpaired) electrons. The molecule has 0 fully saturated rings. The number of rotatable bonds is 2. The van der Waals surface area contributed by atoms with Crippen LogP contribution in [0.4, 0.5) is 0 Å². The largest absolute Gasteiger partial charge is 0.455 e. The van der Waals surface area contributed by atoms with Gasteiger partial charge in [-0.3, -0.25) is 0 Å². The van der Waals surface area contributed by atoms with E-state index in [4.69, 9.17) is 4.74 Å². The molecule has 5 aromatic rings. The lowest BCUT2D eigenvalue weighted by atomic mass is 9.88. The zero-order valence-electron chi connectivity index (χ0n) is 19.4. The fraction of sp³-hybridized carbons (Fsp3) is 0.233. The van der Waals surface area contributed by atoms with Crippen molar-refractivity contribution in [3.63, 3.8) is 0 Å². The topological polar surface area (TPSA) is 13.1 Å². The molecule has 158 valence electrons. The minimum atomic E-state index is 0.638. The van der Waals surface area contributed by atoms with Crippen LogP contribution in [0.1, 0.15) is 30.5 Å². The SMILES string of the molecule is Cc1c2c(c(C)c3ccccc13)-c1c3c(cc4cc(CC(C)C)ccc4c3cc[n+]1C)O2. The molecular formula is C30H28NO+. The predicted octanol–water partition coefficient (Wildman–Crippen LogP) is 7.56. The molecule has 0 aliphatic carbocycles. The van der Waals surface area contributed by atoms with Crippen molar-refractivity contribution in [2.45, 2.75) is 34.1 Å². The Hall–Kier alpha value is -3.39. The van der Waals surface area contributed by atoms with E-state index in [1.807, 2.05) is 0 Å². The predicted molar refractivity (Wildman–Crippen MR) is 134 cm³/mol. The van der Waals surface area contributed by atoms with E-state index in [1.54, 1.807) is 0 Å². The molecular weight excluding hydrogens is 390 g/mol. The fourth-order valence-electron chi connectivity index (χ4n) is 5.57. The van der Waals surface area contributed by atoms with E-state index in [2.05, 4.69) is 100 Å². The maximum absolute atomic E-state index is 6.74. The molecule has 4 aromatic carbocycles. The van der Waals surface area contributed by atoms with Crippen LogP contribution in [0, 0.1) is 19.8 Å². The van der Waals surface area contributed by atoms with E-state index in [0.717, 1.165) is 17.9 Å². The van der Waals surface area contributed by atoms with Crippen LogP contribution in [-0.2, 0) is 13.5 Å². The Bertz CT molecular complexity index is 1580. The molecule has 0 spiro atoms. The number of hydrogen-bond acceptors (Lipinski definition) is 1. The molecule has 1 aromatic heterocycles. The average molecular weight is 419 g/mol. The maximum atomic E-state index is 6.74. The minimum absolute atomic E-state index is 0.638. The van der Waals surface area contributed by atoms with E-state index in [1.165, 1.54) is 60.3 Å². The summed E-state index contributed by atoms with van der Waals surface area (Å²) in [4.78, 5) is 0. The van der Waals surface area contributed by atoms with Gasteiger partial charge in [-0.05, 0) is 64.9 Å². The van der Waals surface area contributed by atoms with Crippen LogP contribution >= 0.6 is 0 Å². The van der Waals surface area contributed by atoms with Crippen LogP contribution in [-0.4, -0.2) is 0 Å². The number of ether oxygens (including phenoxy) is 1. The Kier molecular flexibility index (Phi) is 4.10. The molecule has 0 saturated heterocycles. The van der Waals surface area contributed by atoms with Gasteiger partial charge in [0, 0.05) is 17.0 Å². The Labute approximate surface area is 189 Å². The quantitative estimate of drug-likeness (QED) is 0.209. The van der Waals surface area contributed by atoms with Crippen LogP contribution in [0.5, 0.6) is 11.5 Å². The normalized spacial score (nSPS) is 12.6. The van der Waals surface area contributed by atoms with Crippen LogP contribution in [0.15, 0.2) is 60.8 Å². The summed E-state index contributed by atoms with van der Waals surface area (Å²) in [6.45, 7) is 8.97. The summed E-state index contributed by atoms with van der Waals surface area (Å²) < 4.78 is 9.00. The molecule has 32 heavy (non-hydrogen) atoms. The van der Waals surface area contributed by atoms with Crippen molar-refractivity contribution in [2.75, 3.05) is 0 Å². The third-order valence-electron chi connectivity index (χ3n) is 7.03. The van der Waals surface area contributed by atoms with Gasteiger partial charge in [0.25, 0.3) is 0 Å². The summed E-state index contributed by atoms with van der Waals surface area (Å²) in [6.07, 6.45) is 3.29. The lowest BCUT2D eigenvalue weighted by Crippen LogP contribution is -2.32. The Morgan fingerprint density at radius 3 is 2.34 bits per heavy atom. The van der Waals surface area contributed by atoms with Gasteiger partial charge in [0.1, 0.15) is 18.5 Å². The Morgan fingerprint density at radius 2 is 1.59 bits per heavy atom. The van der Waals surface area contributed by atoms with Crippen molar-refractivity contribution in [2.24, 2.45) is 13.0 Å². The van der Waals surface area contributed by atoms with Gasteiger partial charge in [0.15, 0.2) is 6.20 Å². The number of pyridine rings is 1. The van der Waals surface area contributed by atoms with Crippen molar-refractivity contribution < 1.29 is 9.30 Å².